The molecule has 3 heteroatoms. The molecule has 0 bridgehead atoms. The van der Waals surface area contributed by atoms with Gasteiger partial charge in [0.05, 0.1) is 6.20 Å². The Kier molecular flexibility index (Phi) is 6.08. The minimum absolute atomic E-state index is 0.629. The Balaban J connectivity index is 1.98. The van der Waals surface area contributed by atoms with Crippen LogP contribution in [0.2, 0.25) is 0 Å². The molecule has 3 nitrogen and oxygen atoms in total. The first-order valence-corrected chi connectivity index (χ1v) is 8.51. The first-order valence-electron chi connectivity index (χ1n) is 8.51. The summed E-state index contributed by atoms with van der Waals surface area (Å²) in [5.41, 5.74) is 1.39. The Morgan fingerprint density at radius 3 is 2.85 bits per heavy atom. The van der Waals surface area contributed by atoms with Crippen molar-refractivity contribution in [3.63, 3.8) is 0 Å². The van der Waals surface area contributed by atoms with E-state index in [9.17, 15) is 0 Å². The van der Waals surface area contributed by atoms with Crippen LogP contribution in [0.5, 0.6) is 0 Å². The van der Waals surface area contributed by atoms with Crippen molar-refractivity contribution >= 4 is 0 Å². The average molecular weight is 277 g/mol. The third kappa shape index (κ3) is 4.08. The maximum atomic E-state index is 4.41. The molecule has 3 unspecified atom stereocenters. The molecule has 1 fully saturated rings. The van der Waals surface area contributed by atoms with Crippen LogP contribution in [-0.2, 0) is 13.0 Å². The summed E-state index contributed by atoms with van der Waals surface area (Å²) in [7, 11) is 0. The minimum atomic E-state index is 0.629. The largest absolute Gasteiger partial charge is 0.314 e. The third-order valence-corrected chi connectivity index (χ3v) is 4.90. The van der Waals surface area contributed by atoms with Gasteiger partial charge in [-0.15, -0.1) is 0 Å². The van der Waals surface area contributed by atoms with Gasteiger partial charge in [0.1, 0.15) is 0 Å². The zero-order valence-electron chi connectivity index (χ0n) is 13.4. The summed E-state index contributed by atoms with van der Waals surface area (Å²) in [5, 5.41) is 8.15. The maximum Gasteiger partial charge on any atom is 0.0522 e. The number of rotatable bonds is 7. The van der Waals surface area contributed by atoms with Crippen LogP contribution in [0.3, 0.4) is 0 Å². The minimum Gasteiger partial charge on any atom is -0.314 e. The summed E-state index contributed by atoms with van der Waals surface area (Å²) in [6.07, 6.45) is 12.4. The first kappa shape index (κ1) is 15.6. The molecular formula is C17H31N3. The second kappa shape index (κ2) is 7.82. The fraction of sp³-hybridized carbons (Fsp3) is 0.824. The summed E-state index contributed by atoms with van der Waals surface area (Å²) in [6.45, 7) is 8.75. The van der Waals surface area contributed by atoms with Gasteiger partial charge >= 0.3 is 0 Å². The fourth-order valence-corrected chi connectivity index (χ4v) is 3.68. The first-order chi connectivity index (χ1) is 9.76. The molecule has 1 heterocycles. The van der Waals surface area contributed by atoms with Crippen molar-refractivity contribution in [1.82, 2.24) is 15.1 Å². The van der Waals surface area contributed by atoms with Crippen LogP contribution >= 0.6 is 0 Å². The molecule has 1 saturated carbocycles. The highest BCUT2D eigenvalue weighted by atomic mass is 15.3. The van der Waals surface area contributed by atoms with Gasteiger partial charge in [0.25, 0.3) is 0 Å². The van der Waals surface area contributed by atoms with Gasteiger partial charge in [-0.25, -0.2) is 0 Å². The molecule has 20 heavy (non-hydrogen) atoms. The van der Waals surface area contributed by atoms with Gasteiger partial charge in [-0.3, -0.25) is 4.68 Å². The van der Waals surface area contributed by atoms with E-state index in [1.165, 1.54) is 37.7 Å². The van der Waals surface area contributed by atoms with E-state index in [2.05, 4.69) is 37.4 Å². The zero-order chi connectivity index (χ0) is 14.4. The van der Waals surface area contributed by atoms with E-state index in [-0.39, 0.29) is 0 Å². The summed E-state index contributed by atoms with van der Waals surface area (Å²) in [4.78, 5) is 0. The van der Waals surface area contributed by atoms with Gasteiger partial charge < -0.3 is 5.32 Å². The molecule has 0 amide bonds. The molecule has 0 aliphatic heterocycles. The topological polar surface area (TPSA) is 29.9 Å². The molecule has 1 aliphatic carbocycles. The maximum absolute atomic E-state index is 4.41. The lowest BCUT2D eigenvalue weighted by atomic mass is 9.75. The highest BCUT2D eigenvalue weighted by Crippen LogP contribution is 2.33. The number of nitrogens with zero attached hydrogens (tertiary/aromatic N) is 2. The fourth-order valence-electron chi connectivity index (χ4n) is 3.68. The van der Waals surface area contributed by atoms with Crippen LogP contribution in [0.15, 0.2) is 12.4 Å². The molecule has 0 radical (unpaired) electrons. The molecule has 0 spiro atoms. The summed E-state index contributed by atoms with van der Waals surface area (Å²) in [5.74, 6) is 1.80. The lowest BCUT2D eigenvalue weighted by molar-refractivity contribution is 0.208. The number of nitrogens with one attached hydrogen (secondary N) is 1. The van der Waals surface area contributed by atoms with Gasteiger partial charge in [0.2, 0.25) is 0 Å². The summed E-state index contributed by atoms with van der Waals surface area (Å²) >= 11 is 0. The highest BCUT2D eigenvalue weighted by molar-refractivity contribution is 5.07. The molecule has 2 rings (SSSR count). The third-order valence-electron chi connectivity index (χ3n) is 4.90. The number of likely N-dealkylation sites (N-methyl/N-ethyl adjacent to an activating group) is 1. The Morgan fingerprint density at radius 1 is 1.35 bits per heavy atom. The van der Waals surface area contributed by atoms with Crippen molar-refractivity contribution in [2.75, 3.05) is 6.54 Å². The van der Waals surface area contributed by atoms with Crippen LogP contribution in [0.25, 0.3) is 0 Å². The molecule has 1 aromatic heterocycles. The molecule has 3 atom stereocenters. The van der Waals surface area contributed by atoms with E-state index in [1.807, 2.05) is 10.9 Å². The summed E-state index contributed by atoms with van der Waals surface area (Å²) in [6, 6.07) is 0.629. The van der Waals surface area contributed by atoms with Crippen LogP contribution in [0.4, 0.5) is 0 Å². The molecule has 1 N–H and O–H groups in total. The molecule has 1 aliphatic rings. The van der Waals surface area contributed by atoms with Crippen molar-refractivity contribution in [2.45, 2.75) is 71.9 Å². The van der Waals surface area contributed by atoms with Crippen molar-refractivity contribution in [3.8, 4) is 0 Å². The van der Waals surface area contributed by atoms with Crippen LogP contribution in [0, 0.1) is 11.8 Å². The molecule has 114 valence electrons. The lowest BCUT2D eigenvalue weighted by Gasteiger charge is -2.34. The Hall–Kier alpha value is -0.830. The van der Waals surface area contributed by atoms with E-state index in [4.69, 9.17) is 0 Å². The van der Waals surface area contributed by atoms with Crippen LogP contribution < -0.4 is 5.32 Å². The molecule has 1 aromatic rings. The predicted octanol–water partition coefficient (Wildman–Crippen LogP) is 3.64. The SMILES string of the molecule is CCNC(Cc1cnn(CC)c1)C1CCCC(CC)C1. The zero-order valence-corrected chi connectivity index (χ0v) is 13.4. The van der Waals surface area contributed by atoms with Crippen molar-refractivity contribution in [3.05, 3.63) is 18.0 Å². The normalized spacial score (nSPS) is 24.8. The van der Waals surface area contributed by atoms with E-state index in [1.54, 1.807) is 0 Å². The second-order valence-corrected chi connectivity index (χ2v) is 6.27. The van der Waals surface area contributed by atoms with Gasteiger partial charge in [0, 0.05) is 18.8 Å². The number of aryl methyl sites for hydroxylation is 1. The van der Waals surface area contributed by atoms with Crippen LogP contribution in [0.1, 0.15) is 58.4 Å². The Morgan fingerprint density at radius 2 is 2.20 bits per heavy atom. The number of aromatic nitrogens is 2. The van der Waals surface area contributed by atoms with E-state index in [0.29, 0.717) is 6.04 Å². The van der Waals surface area contributed by atoms with Crippen molar-refractivity contribution < 1.29 is 0 Å². The van der Waals surface area contributed by atoms with E-state index >= 15 is 0 Å². The van der Waals surface area contributed by atoms with Gasteiger partial charge in [-0.05, 0) is 50.1 Å². The Bertz CT molecular complexity index is 385. The highest BCUT2D eigenvalue weighted by Gasteiger charge is 2.27. The van der Waals surface area contributed by atoms with Crippen molar-refractivity contribution in [2.24, 2.45) is 11.8 Å². The standard InChI is InChI=1S/C17H31N3/c1-4-14-8-7-9-16(10-14)17(18-5-2)11-15-12-19-20(6-3)13-15/h12-14,16-18H,4-11H2,1-3H3. The van der Waals surface area contributed by atoms with Gasteiger partial charge in [-0.2, -0.15) is 5.10 Å². The van der Waals surface area contributed by atoms with Gasteiger partial charge in [-0.1, -0.05) is 33.1 Å². The summed E-state index contributed by atoms with van der Waals surface area (Å²) < 4.78 is 2.04. The average Bonchev–Trinajstić information content (AvgIpc) is 2.94. The van der Waals surface area contributed by atoms with Crippen molar-refractivity contribution in [1.29, 1.82) is 0 Å². The monoisotopic (exact) mass is 277 g/mol. The van der Waals surface area contributed by atoms with E-state index < -0.39 is 0 Å². The molecule has 0 aromatic carbocycles. The predicted molar refractivity (Wildman–Crippen MR) is 84.8 cm³/mol. The smallest absolute Gasteiger partial charge is 0.0522 e. The Labute approximate surface area is 124 Å². The number of hydrogen-bond acceptors (Lipinski definition) is 2. The number of hydrogen-bond donors (Lipinski definition) is 1. The second-order valence-electron chi connectivity index (χ2n) is 6.27. The van der Waals surface area contributed by atoms with E-state index in [0.717, 1.165) is 31.3 Å². The molecule has 0 saturated heterocycles. The quantitative estimate of drug-likeness (QED) is 0.824. The van der Waals surface area contributed by atoms with Gasteiger partial charge in [0.15, 0.2) is 0 Å². The lowest BCUT2D eigenvalue weighted by Crippen LogP contribution is -2.40. The molecular weight excluding hydrogens is 246 g/mol. The van der Waals surface area contributed by atoms with Crippen LogP contribution in [-0.4, -0.2) is 22.4 Å².